The van der Waals surface area contributed by atoms with Crippen LogP contribution in [0.4, 0.5) is 0 Å². The molecule has 0 rings (SSSR count). The molecule has 0 saturated carbocycles. The molecule has 0 aromatic heterocycles. The Hall–Kier alpha value is -0.130. The topological polar surface area (TPSA) is 66.4 Å². The molecule has 10 heavy (non-hydrogen) atoms. The van der Waals surface area contributed by atoms with E-state index in [0.717, 1.165) is 0 Å². The van der Waals surface area contributed by atoms with E-state index in [4.69, 9.17) is 4.55 Å². The van der Waals surface area contributed by atoms with Gasteiger partial charge in [0.05, 0.1) is 0 Å². The lowest BCUT2D eigenvalue weighted by molar-refractivity contribution is 0.471. The molecule has 0 aromatic carbocycles. The van der Waals surface area contributed by atoms with E-state index in [9.17, 15) is 8.42 Å². The van der Waals surface area contributed by atoms with Crippen LogP contribution in [-0.4, -0.2) is 25.4 Å². The molecule has 4 nitrogen and oxygen atoms in total. The first kappa shape index (κ1) is 9.87. The summed E-state index contributed by atoms with van der Waals surface area (Å²) in [6.45, 7) is 4.51. The molecule has 0 aliphatic rings. The molecule has 0 aliphatic heterocycles. The first-order chi connectivity index (χ1) is 4.42. The summed E-state index contributed by atoms with van der Waals surface area (Å²) in [7, 11) is -3.83. The second kappa shape index (κ2) is 3.90. The number of hydrogen-bond donors (Lipinski definition) is 2. The first-order valence-electron chi connectivity index (χ1n) is 3.07. The molecular weight excluding hydrogens is 154 g/mol. The van der Waals surface area contributed by atoms with E-state index in [2.05, 4.69) is 5.32 Å². The van der Waals surface area contributed by atoms with E-state index in [1.807, 2.05) is 13.8 Å². The Bertz CT molecular complexity index is 173. The third-order valence-corrected chi connectivity index (χ3v) is 1.41. The van der Waals surface area contributed by atoms with Gasteiger partial charge in [-0.15, -0.1) is 0 Å². The zero-order chi connectivity index (χ0) is 8.20. The summed E-state index contributed by atoms with van der Waals surface area (Å²) in [4.78, 5) is 0. The molecule has 62 valence electrons. The summed E-state index contributed by atoms with van der Waals surface area (Å²) in [5.74, 6) is 0.0345. The summed E-state index contributed by atoms with van der Waals surface area (Å²) < 4.78 is 28.5. The van der Waals surface area contributed by atoms with Crippen LogP contribution in [-0.2, 0) is 10.1 Å². The maximum atomic E-state index is 10.1. The zero-order valence-corrected chi connectivity index (χ0v) is 6.98. The van der Waals surface area contributed by atoms with Gasteiger partial charge < -0.3 is 5.32 Å². The average Bonchev–Trinajstić information content (AvgIpc) is 1.59. The SMILES string of the molecule is CC(C)CNCS(=O)(=O)O. The van der Waals surface area contributed by atoms with Gasteiger partial charge in [-0.25, -0.2) is 0 Å². The van der Waals surface area contributed by atoms with Crippen molar-refractivity contribution in [2.75, 3.05) is 12.4 Å². The highest BCUT2D eigenvalue weighted by atomic mass is 32.2. The minimum absolute atomic E-state index is 0.356. The van der Waals surface area contributed by atoms with Crippen molar-refractivity contribution >= 4 is 10.1 Å². The molecule has 0 bridgehead atoms. The normalized spacial score (nSPS) is 12.4. The summed E-state index contributed by atoms with van der Waals surface area (Å²) in [6.07, 6.45) is 0. The number of hydrogen-bond acceptors (Lipinski definition) is 3. The minimum Gasteiger partial charge on any atom is -0.301 e. The van der Waals surface area contributed by atoms with Gasteiger partial charge in [-0.1, -0.05) is 13.8 Å². The smallest absolute Gasteiger partial charge is 0.278 e. The molecule has 0 saturated heterocycles. The van der Waals surface area contributed by atoms with Crippen LogP contribution in [0.3, 0.4) is 0 Å². The van der Waals surface area contributed by atoms with Crippen LogP contribution in [0.25, 0.3) is 0 Å². The molecule has 0 unspecified atom stereocenters. The largest absolute Gasteiger partial charge is 0.301 e. The van der Waals surface area contributed by atoms with Crippen LogP contribution in [0.5, 0.6) is 0 Å². The summed E-state index contributed by atoms with van der Waals surface area (Å²) in [6, 6.07) is 0. The Balaban J connectivity index is 3.39. The van der Waals surface area contributed by atoms with Gasteiger partial charge >= 0.3 is 0 Å². The second-order valence-corrected chi connectivity index (χ2v) is 4.03. The molecular formula is C5H13NO3S. The fraction of sp³-hybridized carbons (Fsp3) is 1.00. The standard InChI is InChI=1S/C5H13NO3S/c1-5(2)3-6-4-10(7,8)9/h5-6H,3-4H2,1-2H3,(H,7,8,9). The molecule has 0 fully saturated rings. The Morgan fingerprint density at radius 3 is 2.30 bits per heavy atom. The summed E-state index contributed by atoms with van der Waals surface area (Å²) >= 11 is 0. The highest BCUT2D eigenvalue weighted by Crippen LogP contribution is 1.87. The fourth-order valence-corrected chi connectivity index (χ4v) is 0.852. The molecule has 0 atom stereocenters. The third-order valence-electron chi connectivity index (χ3n) is 0.837. The van der Waals surface area contributed by atoms with Gasteiger partial charge in [0.2, 0.25) is 0 Å². The van der Waals surface area contributed by atoms with E-state index in [0.29, 0.717) is 12.5 Å². The molecule has 0 heterocycles. The summed E-state index contributed by atoms with van der Waals surface area (Å²) in [5, 5.41) is 2.59. The van der Waals surface area contributed by atoms with E-state index in [-0.39, 0.29) is 5.88 Å². The maximum absolute atomic E-state index is 10.1. The Morgan fingerprint density at radius 2 is 2.00 bits per heavy atom. The predicted molar refractivity (Wildman–Crippen MR) is 39.3 cm³/mol. The van der Waals surface area contributed by atoms with Crippen LogP contribution >= 0.6 is 0 Å². The van der Waals surface area contributed by atoms with Gasteiger partial charge in [0, 0.05) is 0 Å². The molecule has 0 spiro atoms. The van der Waals surface area contributed by atoms with Gasteiger partial charge in [0.25, 0.3) is 10.1 Å². The average molecular weight is 167 g/mol. The van der Waals surface area contributed by atoms with Crippen LogP contribution < -0.4 is 5.32 Å². The van der Waals surface area contributed by atoms with Crippen LogP contribution in [0.15, 0.2) is 0 Å². The Labute approximate surface area is 61.4 Å². The van der Waals surface area contributed by atoms with Gasteiger partial charge in [-0.3, -0.25) is 4.55 Å². The van der Waals surface area contributed by atoms with Crippen molar-refractivity contribution in [3.05, 3.63) is 0 Å². The lowest BCUT2D eigenvalue weighted by atomic mass is 10.2. The van der Waals surface area contributed by atoms with Gasteiger partial charge in [-0.2, -0.15) is 8.42 Å². The molecule has 5 heteroatoms. The zero-order valence-electron chi connectivity index (χ0n) is 6.16. The molecule has 2 N–H and O–H groups in total. The van der Waals surface area contributed by atoms with Gasteiger partial charge in [0.15, 0.2) is 0 Å². The van der Waals surface area contributed by atoms with E-state index < -0.39 is 10.1 Å². The number of nitrogens with one attached hydrogen (secondary N) is 1. The predicted octanol–water partition coefficient (Wildman–Crippen LogP) is 0.0773. The third kappa shape index (κ3) is 7.87. The lowest BCUT2D eigenvalue weighted by Crippen LogP contribution is -2.26. The van der Waals surface area contributed by atoms with Crippen molar-refractivity contribution in [3.8, 4) is 0 Å². The first-order valence-corrected chi connectivity index (χ1v) is 4.68. The van der Waals surface area contributed by atoms with Crippen LogP contribution in [0.1, 0.15) is 13.8 Å². The second-order valence-electron chi connectivity index (χ2n) is 2.57. The quantitative estimate of drug-likeness (QED) is 0.582. The van der Waals surface area contributed by atoms with Crippen molar-refractivity contribution < 1.29 is 13.0 Å². The van der Waals surface area contributed by atoms with Crippen molar-refractivity contribution in [1.29, 1.82) is 0 Å². The highest BCUT2D eigenvalue weighted by molar-refractivity contribution is 7.85. The van der Waals surface area contributed by atoms with Crippen molar-refractivity contribution in [3.63, 3.8) is 0 Å². The van der Waals surface area contributed by atoms with Gasteiger partial charge in [-0.05, 0) is 12.5 Å². The fourth-order valence-electron chi connectivity index (χ4n) is 0.477. The molecule has 0 radical (unpaired) electrons. The monoisotopic (exact) mass is 167 g/mol. The van der Waals surface area contributed by atoms with Crippen LogP contribution in [0, 0.1) is 5.92 Å². The van der Waals surface area contributed by atoms with E-state index in [1.54, 1.807) is 0 Å². The highest BCUT2D eigenvalue weighted by Gasteiger charge is 2.02. The van der Waals surface area contributed by atoms with Crippen molar-refractivity contribution in [1.82, 2.24) is 5.32 Å². The van der Waals surface area contributed by atoms with Gasteiger partial charge in [0.1, 0.15) is 5.88 Å². The Morgan fingerprint density at radius 1 is 1.50 bits per heavy atom. The molecule has 0 amide bonds. The molecule has 0 aliphatic carbocycles. The van der Waals surface area contributed by atoms with Crippen molar-refractivity contribution in [2.45, 2.75) is 13.8 Å². The lowest BCUT2D eigenvalue weighted by Gasteiger charge is -2.03. The number of rotatable bonds is 4. The van der Waals surface area contributed by atoms with E-state index >= 15 is 0 Å². The maximum Gasteiger partial charge on any atom is 0.278 e. The Kier molecular flexibility index (Phi) is 3.85. The summed E-state index contributed by atoms with van der Waals surface area (Å²) in [5.41, 5.74) is 0. The van der Waals surface area contributed by atoms with Crippen LogP contribution in [0.2, 0.25) is 0 Å². The van der Waals surface area contributed by atoms with Crippen molar-refractivity contribution in [2.24, 2.45) is 5.92 Å². The minimum atomic E-state index is -3.83. The van der Waals surface area contributed by atoms with E-state index in [1.165, 1.54) is 0 Å². The molecule has 0 aromatic rings.